The molecule has 2 heterocycles. The molecule has 2 aliphatic heterocycles. The minimum Gasteiger partial charge on any atom is -0.497 e. The summed E-state index contributed by atoms with van der Waals surface area (Å²) in [5, 5.41) is 12.4. The van der Waals surface area contributed by atoms with Crippen molar-refractivity contribution in [2.45, 2.75) is 43.8 Å². The second-order valence-corrected chi connectivity index (χ2v) is 8.11. The maximum atomic E-state index is 13.1. The molecule has 152 valence electrons. The molecule has 1 aromatic carbocycles. The largest absolute Gasteiger partial charge is 0.497 e. The second kappa shape index (κ2) is 8.09. The maximum absolute atomic E-state index is 13.1. The summed E-state index contributed by atoms with van der Waals surface area (Å²) in [6, 6.07) is 7.72. The highest BCUT2D eigenvalue weighted by molar-refractivity contribution is 5.85. The molecule has 2 saturated heterocycles. The van der Waals surface area contributed by atoms with E-state index in [-0.39, 0.29) is 42.5 Å². The van der Waals surface area contributed by atoms with Crippen molar-refractivity contribution < 1.29 is 19.4 Å². The first kappa shape index (κ1) is 19.2. The van der Waals surface area contributed by atoms with E-state index in [0.29, 0.717) is 26.1 Å². The van der Waals surface area contributed by atoms with Crippen LogP contribution in [0.25, 0.3) is 0 Å². The Morgan fingerprint density at radius 3 is 2.64 bits per heavy atom. The van der Waals surface area contributed by atoms with Gasteiger partial charge < -0.3 is 20.1 Å². The van der Waals surface area contributed by atoms with Crippen LogP contribution in [0.5, 0.6) is 5.75 Å². The first-order valence-corrected chi connectivity index (χ1v) is 10.2. The molecule has 3 atom stereocenters. The molecule has 4 rings (SSSR count). The molecule has 28 heavy (non-hydrogen) atoms. The minimum absolute atomic E-state index is 0.00274. The van der Waals surface area contributed by atoms with E-state index in [9.17, 15) is 14.7 Å². The van der Waals surface area contributed by atoms with Gasteiger partial charge in [0.2, 0.25) is 11.8 Å². The Morgan fingerprint density at radius 2 is 2.04 bits per heavy atom. The van der Waals surface area contributed by atoms with Gasteiger partial charge in [-0.05, 0) is 43.4 Å². The lowest BCUT2D eigenvalue weighted by Gasteiger charge is -2.40. The number of hydrogen-bond acceptors (Lipinski definition) is 5. The minimum atomic E-state index is -0.253. The molecule has 7 nitrogen and oxygen atoms in total. The third-order valence-corrected chi connectivity index (χ3v) is 6.38. The monoisotopic (exact) mass is 387 g/mol. The quantitative estimate of drug-likeness (QED) is 0.759. The molecule has 1 saturated carbocycles. The first-order valence-electron chi connectivity index (χ1n) is 10.2. The summed E-state index contributed by atoms with van der Waals surface area (Å²) in [6.07, 6.45) is 3.91. The van der Waals surface area contributed by atoms with Crippen LogP contribution in [-0.4, -0.2) is 72.2 Å². The Labute approximate surface area is 165 Å². The molecule has 0 spiro atoms. The molecular formula is C21H29N3O4. The molecule has 1 aliphatic carbocycles. The van der Waals surface area contributed by atoms with Gasteiger partial charge >= 0.3 is 0 Å². The zero-order valence-electron chi connectivity index (χ0n) is 16.3. The molecule has 2 amide bonds. The van der Waals surface area contributed by atoms with Crippen LogP contribution in [0.1, 0.15) is 37.3 Å². The topological polar surface area (TPSA) is 82.1 Å². The van der Waals surface area contributed by atoms with Gasteiger partial charge in [-0.1, -0.05) is 12.1 Å². The van der Waals surface area contributed by atoms with Gasteiger partial charge in [0.15, 0.2) is 0 Å². The lowest BCUT2D eigenvalue weighted by Crippen LogP contribution is -2.54. The highest BCUT2D eigenvalue weighted by Crippen LogP contribution is 2.43. The van der Waals surface area contributed by atoms with Crippen LogP contribution in [0.3, 0.4) is 0 Å². The fourth-order valence-corrected chi connectivity index (χ4v) is 4.73. The lowest BCUT2D eigenvalue weighted by atomic mass is 9.89. The van der Waals surface area contributed by atoms with Crippen LogP contribution >= 0.6 is 0 Å². The van der Waals surface area contributed by atoms with Crippen LogP contribution in [0.2, 0.25) is 0 Å². The number of benzene rings is 1. The van der Waals surface area contributed by atoms with Gasteiger partial charge in [-0.15, -0.1) is 0 Å². The van der Waals surface area contributed by atoms with Gasteiger partial charge in [0.25, 0.3) is 0 Å². The number of piperazine rings is 1. The van der Waals surface area contributed by atoms with Crippen molar-refractivity contribution in [2.24, 2.45) is 5.92 Å². The number of amides is 2. The van der Waals surface area contributed by atoms with Crippen LogP contribution in [0.4, 0.5) is 0 Å². The number of fused-ring (bicyclic) bond motifs is 1. The zero-order chi connectivity index (χ0) is 19.7. The number of aliphatic hydroxyl groups is 1. The van der Waals surface area contributed by atoms with Gasteiger partial charge in [-0.2, -0.15) is 0 Å². The summed E-state index contributed by atoms with van der Waals surface area (Å²) in [4.78, 5) is 30.0. The smallest absolute Gasteiger partial charge is 0.237 e. The molecule has 1 aromatic rings. The zero-order valence-corrected chi connectivity index (χ0v) is 16.3. The molecule has 0 unspecified atom stereocenters. The van der Waals surface area contributed by atoms with Crippen molar-refractivity contribution >= 4 is 11.8 Å². The van der Waals surface area contributed by atoms with E-state index in [2.05, 4.69) is 5.32 Å². The molecule has 7 heteroatoms. The number of nitrogens with zero attached hydrogens (tertiary/aromatic N) is 2. The van der Waals surface area contributed by atoms with Crippen molar-refractivity contribution in [1.29, 1.82) is 0 Å². The number of rotatable bonds is 6. The van der Waals surface area contributed by atoms with Crippen LogP contribution in [0.15, 0.2) is 24.3 Å². The predicted octanol–water partition coefficient (Wildman–Crippen LogP) is 0.930. The fourth-order valence-electron chi connectivity index (χ4n) is 4.73. The van der Waals surface area contributed by atoms with E-state index >= 15 is 0 Å². The van der Waals surface area contributed by atoms with Crippen LogP contribution in [-0.2, 0) is 9.59 Å². The molecule has 0 radical (unpaired) electrons. The first-order chi connectivity index (χ1) is 13.6. The van der Waals surface area contributed by atoms with Gasteiger partial charge in [-0.25, -0.2) is 0 Å². The SMILES string of the molecule is COc1ccc([C@@H]2[C@H](C(=O)NC3CCC3)C[C@@H]3CN(CCO)CC(=O)N32)cc1. The van der Waals surface area contributed by atoms with Gasteiger partial charge in [0, 0.05) is 25.2 Å². The Balaban J connectivity index is 1.61. The normalized spacial score (nSPS) is 28.0. The van der Waals surface area contributed by atoms with Crippen molar-refractivity contribution in [3.05, 3.63) is 29.8 Å². The number of nitrogens with one attached hydrogen (secondary N) is 1. The molecule has 0 aromatic heterocycles. The number of aliphatic hydroxyl groups excluding tert-OH is 1. The van der Waals surface area contributed by atoms with Gasteiger partial charge in [0.1, 0.15) is 5.75 Å². The molecule has 2 N–H and O–H groups in total. The van der Waals surface area contributed by atoms with Gasteiger partial charge in [-0.3, -0.25) is 14.5 Å². The average Bonchev–Trinajstić information content (AvgIpc) is 3.05. The third kappa shape index (κ3) is 3.61. The van der Waals surface area contributed by atoms with Crippen molar-refractivity contribution in [2.75, 3.05) is 33.4 Å². The molecule has 3 aliphatic rings. The molecular weight excluding hydrogens is 358 g/mol. The van der Waals surface area contributed by atoms with E-state index in [1.54, 1.807) is 7.11 Å². The lowest BCUT2D eigenvalue weighted by molar-refractivity contribution is -0.141. The Bertz CT molecular complexity index is 719. The van der Waals surface area contributed by atoms with E-state index in [1.807, 2.05) is 34.1 Å². The highest BCUT2D eigenvalue weighted by atomic mass is 16.5. The van der Waals surface area contributed by atoms with Crippen molar-refractivity contribution in [1.82, 2.24) is 15.1 Å². The Kier molecular flexibility index (Phi) is 5.55. The molecule has 0 bridgehead atoms. The summed E-state index contributed by atoms with van der Waals surface area (Å²) < 4.78 is 5.26. The van der Waals surface area contributed by atoms with E-state index in [4.69, 9.17) is 4.74 Å². The number of β-amino-alcohol motifs (C(OH)–C–C–N with tert-alkyl or cyclic N) is 1. The number of carbonyl (C=O) groups is 2. The number of ether oxygens (including phenoxy) is 1. The highest BCUT2D eigenvalue weighted by Gasteiger charge is 2.50. The number of carbonyl (C=O) groups excluding carboxylic acids is 2. The summed E-state index contributed by atoms with van der Waals surface area (Å²) in [7, 11) is 1.62. The Hall–Kier alpha value is -2.12. The standard InChI is InChI=1S/C21H29N3O4/c1-28-17-7-5-14(6-8-17)20-18(21(27)22-15-3-2-4-15)11-16-12-23(9-10-25)13-19(26)24(16)20/h5-8,15-16,18,20,25H,2-4,9-13H2,1H3,(H,22,27)/t16-,18-,20-/m1/s1. The summed E-state index contributed by atoms with van der Waals surface area (Å²) in [6.45, 7) is 1.52. The number of hydrogen-bond donors (Lipinski definition) is 2. The van der Waals surface area contributed by atoms with Crippen molar-refractivity contribution in [3.8, 4) is 5.75 Å². The fraction of sp³-hybridized carbons (Fsp3) is 0.619. The number of methoxy groups -OCH3 is 1. The average molecular weight is 387 g/mol. The summed E-state index contributed by atoms with van der Waals surface area (Å²) in [5.41, 5.74) is 0.973. The van der Waals surface area contributed by atoms with E-state index in [1.165, 1.54) is 6.42 Å². The summed E-state index contributed by atoms with van der Waals surface area (Å²) in [5.74, 6) is 0.593. The van der Waals surface area contributed by atoms with Gasteiger partial charge in [0.05, 0.1) is 32.2 Å². The predicted molar refractivity (Wildman–Crippen MR) is 104 cm³/mol. The van der Waals surface area contributed by atoms with E-state index in [0.717, 1.165) is 24.2 Å². The van der Waals surface area contributed by atoms with Crippen molar-refractivity contribution in [3.63, 3.8) is 0 Å². The molecule has 3 fully saturated rings. The van der Waals surface area contributed by atoms with Crippen LogP contribution in [0, 0.1) is 5.92 Å². The third-order valence-electron chi connectivity index (χ3n) is 6.38. The Morgan fingerprint density at radius 1 is 1.29 bits per heavy atom. The summed E-state index contributed by atoms with van der Waals surface area (Å²) >= 11 is 0. The van der Waals surface area contributed by atoms with Crippen LogP contribution < -0.4 is 10.1 Å². The van der Waals surface area contributed by atoms with E-state index < -0.39 is 0 Å². The second-order valence-electron chi connectivity index (χ2n) is 8.11. The maximum Gasteiger partial charge on any atom is 0.237 e.